The third-order valence-corrected chi connectivity index (χ3v) is 6.25. The van der Waals surface area contributed by atoms with E-state index in [-0.39, 0.29) is 5.92 Å². The highest BCUT2D eigenvalue weighted by Gasteiger charge is 2.53. The molecule has 1 aromatic rings. The molecule has 1 aromatic heterocycles. The monoisotopic (exact) mass is 353 g/mol. The smallest absolute Gasteiger partial charge is 0.311 e. The largest absolute Gasteiger partial charge is 0.481 e. The van der Waals surface area contributed by atoms with E-state index in [0.717, 1.165) is 56.3 Å². The Morgan fingerprint density at radius 2 is 2.29 bits per heavy atom. The number of aryl methyl sites for hydroxylation is 1. The minimum atomic E-state index is -0.626. The number of carboxylic acid groups (broad SMARTS) is 1. The zero-order chi connectivity index (χ0) is 17.2. The summed E-state index contributed by atoms with van der Waals surface area (Å²) in [6, 6.07) is 0. The summed E-state index contributed by atoms with van der Waals surface area (Å²) in [4.78, 5) is 21.3. The van der Waals surface area contributed by atoms with E-state index in [9.17, 15) is 9.90 Å². The summed E-state index contributed by atoms with van der Waals surface area (Å²) >= 11 is 1.68. The van der Waals surface area contributed by atoms with Gasteiger partial charge in [-0.3, -0.25) is 14.6 Å². The molecular weight excluding hydrogens is 326 g/mol. The highest BCUT2D eigenvalue weighted by atomic mass is 32.1. The minimum absolute atomic E-state index is 0.175. The number of thiazole rings is 1. The molecule has 1 N–H and O–H groups in total. The summed E-state index contributed by atoms with van der Waals surface area (Å²) < 4.78 is 5.17. The van der Waals surface area contributed by atoms with Gasteiger partial charge in [0.05, 0.1) is 22.7 Å². The SMILES string of the molecule is COCCN1C[C@H]2CN(Cc3csc(C)n3)CCC[C@@]2(C(=O)O)C1. The lowest BCUT2D eigenvalue weighted by Gasteiger charge is -2.29. The van der Waals surface area contributed by atoms with Crippen LogP contribution in [0.2, 0.25) is 0 Å². The van der Waals surface area contributed by atoms with Gasteiger partial charge in [-0.05, 0) is 26.3 Å². The predicted molar refractivity (Wildman–Crippen MR) is 93.2 cm³/mol. The van der Waals surface area contributed by atoms with Gasteiger partial charge in [-0.25, -0.2) is 4.98 Å². The van der Waals surface area contributed by atoms with E-state index < -0.39 is 11.4 Å². The van der Waals surface area contributed by atoms with Crippen molar-refractivity contribution in [2.45, 2.75) is 26.3 Å². The number of ether oxygens (including phenoxy) is 1. The molecule has 24 heavy (non-hydrogen) atoms. The van der Waals surface area contributed by atoms with Gasteiger partial charge < -0.3 is 9.84 Å². The van der Waals surface area contributed by atoms with Crippen molar-refractivity contribution in [2.24, 2.45) is 11.3 Å². The van der Waals surface area contributed by atoms with E-state index in [1.54, 1.807) is 18.4 Å². The standard InChI is InChI=1S/C17H27N3O3S/c1-13-18-15(11-24-13)10-19-5-3-4-17(16(21)22)12-20(6-7-23-2)9-14(17)8-19/h11,14H,3-10,12H2,1-2H3,(H,21,22)/t14-,17-/m1/s1. The number of aromatic nitrogens is 1. The van der Waals surface area contributed by atoms with Gasteiger partial charge in [0, 0.05) is 51.1 Å². The van der Waals surface area contributed by atoms with E-state index in [2.05, 4.69) is 20.2 Å². The lowest BCUT2D eigenvalue weighted by molar-refractivity contribution is -0.151. The van der Waals surface area contributed by atoms with Crippen LogP contribution >= 0.6 is 11.3 Å². The van der Waals surface area contributed by atoms with Crippen molar-refractivity contribution in [1.29, 1.82) is 0 Å². The molecule has 134 valence electrons. The number of rotatable bonds is 6. The van der Waals surface area contributed by atoms with Crippen LogP contribution in [0.25, 0.3) is 0 Å². The number of fused-ring (bicyclic) bond motifs is 1. The number of nitrogens with zero attached hydrogens (tertiary/aromatic N) is 3. The summed E-state index contributed by atoms with van der Waals surface area (Å²) in [6.07, 6.45) is 1.70. The molecule has 0 bridgehead atoms. The zero-order valence-corrected chi connectivity index (χ0v) is 15.3. The fourth-order valence-electron chi connectivity index (χ4n) is 4.21. The molecule has 2 atom stereocenters. The molecular formula is C17H27N3O3S. The van der Waals surface area contributed by atoms with Crippen molar-refractivity contribution in [2.75, 3.05) is 46.4 Å². The first-order chi connectivity index (χ1) is 11.5. The van der Waals surface area contributed by atoms with E-state index in [1.807, 2.05) is 6.92 Å². The quantitative estimate of drug-likeness (QED) is 0.840. The van der Waals surface area contributed by atoms with Crippen LogP contribution in [-0.4, -0.2) is 72.3 Å². The number of methoxy groups -OCH3 is 1. The van der Waals surface area contributed by atoms with Gasteiger partial charge in [0.15, 0.2) is 0 Å². The Morgan fingerprint density at radius 1 is 1.50 bits per heavy atom. The van der Waals surface area contributed by atoms with Gasteiger partial charge in [0.2, 0.25) is 0 Å². The Morgan fingerprint density at radius 3 is 2.96 bits per heavy atom. The lowest BCUT2D eigenvalue weighted by atomic mass is 9.75. The second kappa shape index (κ2) is 7.47. The Bertz CT molecular complexity index is 579. The molecule has 0 radical (unpaired) electrons. The first kappa shape index (κ1) is 17.8. The molecule has 7 heteroatoms. The van der Waals surface area contributed by atoms with Gasteiger partial charge in [0.25, 0.3) is 0 Å². The van der Waals surface area contributed by atoms with Crippen LogP contribution < -0.4 is 0 Å². The summed E-state index contributed by atoms with van der Waals surface area (Å²) in [5.74, 6) is -0.451. The van der Waals surface area contributed by atoms with Gasteiger partial charge in [-0.1, -0.05) is 0 Å². The zero-order valence-electron chi connectivity index (χ0n) is 14.5. The van der Waals surface area contributed by atoms with Crippen molar-refractivity contribution in [3.8, 4) is 0 Å². The highest BCUT2D eigenvalue weighted by Crippen LogP contribution is 2.43. The predicted octanol–water partition coefficient (Wildman–Crippen LogP) is 1.70. The fraction of sp³-hybridized carbons (Fsp3) is 0.765. The van der Waals surface area contributed by atoms with E-state index >= 15 is 0 Å². The average Bonchev–Trinajstić information content (AvgIpc) is 3.05. The van der Waals surface area contributed by atoms with Crippen molar-refractivity contribution in [3.63, 3.8) is 0 Å². The fourth-order valence-corrected chi connectivity index (χ4v) is 4.81. The highest BCUT2D eigenvalue weighted by molar-refractivity contribution is 7.09. The van der Waals surface area contributed by atoms with Gasteiger partial charge in [0.1, 0.15) is 0 Å². The molecule has 2 aliphatic rings. The van der Waals surface area contributed by atoms with Crippen molar-refractivity contribution < 1.29 is 14.6 Å². The van der Waals surface area contributed by atoms with E-state index in [1.165, 1.54) is 0 Å². The Balaban J connectivity index is 1.71. The maximum Gasteiger partial charge on any atom is 0.311 e. The van der Waals surface area contributed by atoms with Crippen LogP contribution in [0.15, 0.2) is 5.38 Å². The molecule has 2 saturated heterocycles. The van der Waals surface area contributed by atoms with Crippen LogP contribution in [-0.2, 0) is 16.1 Å². The third kappa shape index (κ3) is 3.64. The first-order valence-corrected chi connectivity index (χ1v) is 9.49. The number of aliphatic carboxylic acids is 1. The molecule has 2 fully saturated rings. The van der Waals surface area contributed by atoms with Crippen molar-refractivity contribution in [1.82, 2.24) is 14.8 Å². The van der Waals surface area contributed by atoms with Gasteiger partial charge in [-0.15, -0.1) is 11.3 Å². The molecule has 0 aliphatic carbocycles. The van der Waals surface area contributed by atoms with Crippen LogP contribution in [0.5, 0.6) is 0 Å². The molecule has 6 nitrogen and oxygen atoms in total. The van der Waals surface area contributed by atoms with Crippen molar-refractivity contribution >= 4 is 17.3 Å². The number of carbonyl (C=O) groups is 1. The molecule has 2 aliphatic heterocycles. The number of carboxylic acids is 1. The summed E-state index contributed by atoms with van der Waals surface area (Å²) in [6.45, 7) is 7.62. The summed E-state index contributed by atoms with van der Waals surface area (Å²) in [5.41, 5.74) is 0.509. The van der Waals surface area contributed by atoms with E-state index in [0.29, 0.717) is 13.2 Å². The van der Waals surface area contributed by atoms with Crippen LogP contribution in [0, 0.1) is 18.3 Å². The van der Waals surface area contributed by atoms with E-state index in [4.69, 9.17) is 4.74 Å². The normalized spacial score (nSPS) is 28.7. The maximum atomic E-state index is 12.1. The lowest BCUT2D eigenvalue weighted by Crippen LogP contribution is -2.41. The Kier molecular flexibility index (Phi) is 5.54. The maximum absolute atomic E-state index is 12.1. The Labute approximate surface area is 147 Å². The number of hydrogen-bond acceptors (Lipinski definition) is 6. The summed E-state index contributed by atoms with van der Waals surface area (Å²) in [5, 5.41) is 13.2. The van der Waals surface area contributed by atoms with Gasteiger partial charge in [-0.2, -0.15) is 0 Å². The molecule has 0 amide bonds. The average molecular weight is 353 g/mol. The molecule has 3 heterocycles. The van der Waals surface area contributed by atoms with Gasteiger partial charge >= 0.3 is 5.97 Å². The van der Waals surface area contributed by atoms with Crippen LogP contribution in [0.1, 0.15) is 23.5 Å². The van der Waals surface area contributed by atoms with Crippen LogP contribution in [0.4, 0.5) is 0 Å². The number of likely N-dealkylation sites (tertiary alicyclic amines) is 2. The molecule has 0 spiro atoms. The molecule has 0 aromatic carbocycles. The topological polar surface area (TPSA) is 65.9 Å². The van der Waals surface area contributed by atoms with Crippen LogP contribution in [0.3, 0.4) is 0 Å². The third-order valence-electron chi connectivity index (χ3n) is 5.43. The Hall–Kier alpha value is -1.02. The second-order valence-electron chi connectivity index (χ2n) is 7.08. The summed E-state index contributed by atoms with van der Waals surface area (Å²) in [7, 11) is 1.69. The molecule has 0 unspecified atom stereocenters. The molecule has 0 saturated carbocycles. The minimum Gasteiger partial charge on any atom is -0.481 e. The van der Waals surface area contributed by atoms with Crippen molar-refractivity contribution in [3.05, 3.63) is 16.1 Å². The number of hydrogen-bond donors (Lipinski definition) is 1. The second-order valence-corrected chi connectivity index (χ2v) is 8.14. The first-order valence-electron chi connectivity index (χ1n) is 8.61. The molecule has 3 rings (SSSR count).